The molecule has 8 nitrogen and oxygen atoms in total. The topological polar surface area (TPSA) is 103 Å². The van der Waals surface area contributed by atoms with Crippen LogP contribution in [0.1, 0.15) is 31.7 Å². The van der Waals surface area contributed by atoms with Gasteiger partial charge in [-0.2, -0.15) is 0 Å². The third kappa shape index (κ3) is 4.83. The fraction of sp³-hybridized carbons (Fsp3) is 0.348. The molecule has 180 valence electrons. The van der Waals surface area contributed by atoms with Crippen molar-refractivity contribution in [3.8, 4) is 0 Å². The first-order valence-electron chi connectivity index (χ1n) is 10.7. The highest BCUT2D eigenvalue weighted by Gasteiger charge is 2.43. The lowest BCUT2D eigenvalue weighted by Gasteiger charge is -2.41. The van der Waals surface area contributed by atoms with Gasteiger partial charge in [-0.15, -0.1) is 0 Å². The molecule has 0 aliphatic carbocycles. The van der Waals surface area contributed by atoms with Crippen molar-refractivity contribution in [2.45, 2.75) is 37.8 Å². The summed E-state index contributed by atoms with van der Waals surface area (Å²) in [5.74, 6) is -1.53. The zero-order valence-electron chi connectivity index (χ0n) is 18.3. The second-order valence-electron chi connectivity index (χ2n) is 8.34. The molecule has 4 rings (SSSR count). The van der Waals surface area contributed by atoms with E-state index in [1.54, 1.807) is 6.92 Å². The van der Waals surface area contributed by atoms with Gasteiger partial charge in [0.2, 0.25) is 11.9 Å². The van der Waals surface area contributed by atoms with Gasteiger partial charge in [-0.3, -0.25) is 15.0 Å². The molecule has 2 aromatic carbocycles. The van der Waals surface area contributed by atoms with Gasteiger partial charge in [0.1, 0.15) is 11.6 Å². The SMILES string of the molecule is C[C@@]1(c2ccc(F)c(Nc3ccc(F)cc3)c2Cl)CC(=O)N(C2CCOCC2)C(NC(=O)O)=N1. The minimum Gasteiger partial charge on any atom is -0.465 e. The Morgan fingerprint density at radius 2 is 1.88 bits per heavy atom. The zero-order valence-corrected chi connectivity index (χ0v) is 19.0. The molecule has 0 spiro atoms. The summed E-state index contributed by atoms with van der Waals surface area (Å²) in [6.07, 6.45) is -0.370. The molecule has 2 aliphatic heterocycles. The Kier molecular flexibility index (Phi) is 6.72. The van der Waals surface area contributed by atoms with E-state index in [-0.39, 0.29) is 35.0 Å². The summed E-state index contributed by atoms with van der Waals surface area (Å²) in [6.45, 7) is 2.54. The third-order valence-electron chi connectivity index (χ3n) is 5.90. The third-order valence-corrected chi connectivity index (χ3v) is 6.30. The Morgan fingerprint density at radius 1 is 1.21 bits per heavy atom. The fourth-order valence-electron chi connectivity index (χ4n) is 4.24. The Morgan fingerprint density at radius 3 is 2.53 bits per heavy atom. The van der Waals surface area contributed by atoms with Crippen LogP contribution in [0.3, 0.4) is 0 Å². The van der Waals surface area contributed by atoms with Crippen molar-refractivity contribution >= 4 is 40.9 Å². The van der Waals surface area contributed by atoms with Crippen LogP contribution in [0.2, 0.25) is 5.02 Å². The number of rotatable bonds is 4. The number of halogens is 3. The summed E-state index contributed by atoms with van der Waals surface area (Å²) < 4.78 is 33.3. The lowest BCUT2D eigenvalue weighted by atomic mass is 9.86. The molecule has 3 N–H and O–H groups in total. The van der Waals surface area contributed by atoms with Crippen molar-refractivity contribution in [3.05, 3.63) is 58.6 Å². The van der Waals surface area contributed by atoms with Crippen LogP contribution in [0.4, 0.5) is 25.0 Å². The molecule has 34 heavy (non-hydrogen) atoms. The second-order valence-corrected chi connectivity index (χ2v) is 8.72. The van der Waals surface area contributed by atoms with Crippen molar-refractivity contribution in [1.29, 1.82) is 0 Å². The highest BCUT2D eigenvalue weighted by Crippen LogP contribution is 2.42. The van der Waals surface area contributed by atoms with Crippen LogP contribution in [0.25, 0.3) is 0 Å². The number of nitrogens with one attached hydrogen (secondary N) is 2. The first-order chi connectivity index (χ1) is 16.2. The van der Waals surface area contributed by atoms with E-state index < -0.39 is 23.3 Å². The quantitative estimate of drug-likeness (QED) is 0.578. The smallest absolute Gasteiger partial charge is 0.411 e. The Balaban J connectivity index is 1.74. The highest BCUT2D eigenvalue weighted by atomic mass is 35.5. The molecule has 0 bridgehead atoms. The monoisotopic (exact) mass is 492 g/mol. The number of benzene rings is 2. The van der Waals surface area contributed by atoms with Crippen LogP contribution in [0.5, 0.6) is 0 Å². The van der Waals surface area contributed by atoms with Gasteiger partial charge < -0.3 is 15.2 Å². The summed E-state index contributed by atoms with van der Waals surface area (Å²) in [5, 5.41) is 14.4. The highest BCUT2D eigenvalue weighted by molar-refractivity contribution is 6.34. The summed E-state index contributed by atoms with van der Waals surface area (Å²) >= 11 is 6.58. The van der Waals surface area contributed by atoms with E-state index in [1.165, 1.54) is 41.3 Å². The predicted octanol–water partition coefficient (Wildman–Crippen LogP) is 4.61. The van der Waals surface area contributed by atoms with E-state index in [1.807, 2.05) is 0 Å². The minimum atomic E-state index is -1.36. The first kappa shape index (κ1) is 23.9. The molecule has 2 heterocycles. The molecule has 0 unspecified atom stereocenters. The number of guanidine groups is 1. The zero-order chi connectivity index (χ0) is 24.5. The molecular weight excluding hydrogens is 470 g/mol. The van der Waals surface area contributed by atoms with Crippen molar-refractivity contribution in [3.63, 3.8) is 0 Å². The van der Waals surface area contributed by atoms with Crippen LogP contribution >= 0.6 is 11.6 Å². The maximum absolute atomic E-state index is 14.7. The molecule has 2 aliphatic rings. The maximum Gasteiger partial charge on any atom is 0.411 e. The van der Waals surface area contributed by atoms with Crippen LogP contribution in [-0.4, -0.2) is 47.2 Å². The summed E-state index contributed by atoms with van der Waals surface area (Å²) in [7, 11) is 0. The van der Waals surface area contributed by atoms with E-state index in [4.69, 9.17) is 16.3 Å². The predicted molar refractivity (Wildman–Crippen MR) is 122 cm³/mol. The molecular formula is C23H23ClF2N4O4. The van der Waals surface area contributed by atoms with Crippen molar-refractivity contribution in [2.24, 2.45) is 4.99 Å². The molecule has 0 saturated carbocycles. The second kappa shape index (κ2) is 9.55. The summed E-state index contributed by atoms with van der Waals surface area (Å²) in [5.41, 5.74) is -0.577. The Bertz CT molecular complexity index is 1140. The molecule has 1 fully saturated rings. The van der Waals surface area contributed by atoms with Gasteiger partial charge in [-0.1, -0.05) is 17.7 Å². The fourth-order valence-corrected chi connectivity index (χ4v) is 4.65. The molecule has 11 heteroatoms. The minimum absolute atomic E-state index is 0.0161. The van der Waals surface area contributed by atoms with E-state index in [0.717, 1.165) is 0 Å². The van der Waals surface area contributed by atoms with Crippen molar-refractivity contribution in [1.82, 2.24) is 10.2 Å². The number of hydrogen-bond acceptors (Lipinski definition) is 5. The number of carboxylic acid groups (broad SMARTS) is 1. The number of aliphatic imine (C=N–C) groups is 1. The lowest BCUT2D eigenvalue weighted by Crippen LogP contribution is -2.57. The normalized spacial score (nSPS) is 21.2. The lowest BCUT2D eigenvalue weighted by molar-refractivity contribution is -0.132. The largest absolute Gasteiger partial charge is 0.465 e. The average Bonchev–Trinajstić information content (AvgIpc) is 2.77. The molecule has 2 amide bonds. The number of nitrogens with zero attached hydrogens (tertiary/aromatic N) is 2. The van der Waals surface area contributed by atoms with Crippen LogP contribution < -0.4 is 10.6 Å². The van der Waals surface area contributed by atoms with Gasteiger partial charge in [0.15, 0.2) is 0 Å². The van der Waals surface area contributed by atoms with Gasteiger partial charge >= 0.3 is 6.09 Å². The van der Waals surface area contributed by atoms with Gasteiger partial charge in [0.25, 0.3) is 0 Å². The number of ether oxygens (including phenoxy) is 1. The van der Waals surface area contributed by atoms with Crippen LogP contribution in [-0.2, 0) is 15.1 Å². The van der Waals surface area contributed by atoms with Gasteiger partial charge in [-0.25, -0.2) is 18.6 Å². The molecule has 1 atom stereocenters. The van der Waals surface area contributed by atoms with Gasteiger partial charge in [0, 0.05) is 30.5 Å². The maximum atomic E-state index is 14.7. The summed E-state index contributed by atoms with van der Waals surface area (Å²) in [6, 6.07) is 7.66. The molecule has 0 aromatic heterocycles. The standard InChI is InChI=1S/C23H23ClF2N4O4/c1-23(12-18(31)30(15-8-10-34-11-9-15)21(29-23)28-22(32)33)16-6-7-17(26)20(19(16)24)27-14-4-2-13(25)3-5-14/h2-7,15,27H,8-12H2,1H3,(H,28,29)(H,32,33)/t23-/m0/s1. The molecule has 2 aromatic rings. The van der Waals surface area contributed by atoms with Gasteiger partial charge in [-0.05, 0) is 50.1 Å². The average molecular weight is 493 g/mol. The number of anilines is 2. The number of carbonyl (C=O) groups excluding carboxylic acids is 1. The number of amides is 2. The number of carbonyl (C=O) groups is 2. The molecule has 1 saturated heterocycles. The molecule has 0 radical (unpaired) electrons. The van der Waals surface area contributed by atoms with Gasteiger partial charge in [0.05, 0.1) is 22.7 Å². The van der Waals surface area contributed by atoms with Crippen LogP contribution in [0.15, 0.2) is 41.4 Å². The van der Waals surface area contributed by atoms with E-state index in [2.05, 4.69) is 15.6 Å². The number of hydrogen-bond donors (Lipinski definition) is 3. The first-order valence-corrected chi connectivity index (χ1v) is 11.1. The van der Waals surface area contributed by atoms with E-state index in [0.29, 0.717) is 37.3 Å². The van der Waals surface area contributed by atoms with Crippen molar-refractivity contribution < 1.29 is 28.2 Å². The summed E-state index contributed by atoms with van der Waals surface area (Å²) in [4.78, 5) is 30.7. The van der Waals surface area contributed by atoms with E-state index in [9.17, 15) is 23.5 Å². The Hall–Kier alpha value is -3.24. The Labute approximate surface area is 199 Å². The van der Waals surface area contributed by atoms with Crippen molar-refractivity contribution in [2.75, 3.05) is 18.5 Å². The van der Waals surface area contributed by atoms with Crippen LogP contribution in [0, 0.1) is 11.6 Å². The van der Waals surface area contributed by atoms with E-state index >= 15 is 0 Å².